The fourth-order valence-electron chi connectivity index (χ4n) is 10.6. The van der Waals surface area contributed by atoms with Crippen LogP contribution in [-0.4, -0.2) is 15.0 Å². The van der Waals surface area contributed by atoms with Gasteiger partial charge in [-0.3, -0.25) is 0 Å². The lowest BCUT2D eigenvalue weighted by atomic mass is 9.80. The van der Waals surface area contributed by atoms with Gasteiger partial charge in [-0.1, -0.05) is 226 Å². The number of hydrogen-bond donors (Lipinski definition) is 0. The molecule has 1 aromatic heterocycles. The predicted octanol–water partition coefficient (Wildman–Crippen LogP) is 16.7. The second-order valence-electron chi connectivity index (χ2n) is 18.4. The molecule has 12 aromatic rings. The Labute approximate surface area is 390 Å². The third-order valence-electron chi connectivity index (χ3n) is 14.1. The van der Waals surface area contributed by atoms with Gasteiger partial charge in [-0.05, 0) is 111 Å². The van der Waals surface area contributed by atoms with Gasteiger partial charge in [-0.2, -0.15) is 0 Å². The molecule has 0 fully saturated rings. The second-order valence-corrected chi connectivity index (χ2v) is 18.4. The maximum absolute atomic E-state index is 5.19. The maximum Gasteiger partial charge on any atom is 0.164 e. The van der Waals surface area contributed by atoms with Gasteiger partial charge in [0.2, 0.25) is 0 Å². The standard InChI is InChI=1S/C64H43N3/c1-64(2)57-38-49(32-35-53(57)54-36-33-50(39-58(54)64)52-34-30-46-25-24-44-16-11-17-45-31-37-55(52)60(46)59(44)45)42-22-28-48(29-23-42)62-65-61(47-26-20-41(21-27-47)40-12-5-3-6-13-40)66-63(67-62)56-19-10-9-18-51(56)43-14-7-4-8-15-43/h3-39H,1-2H3. The van der Waals surface area contributed by atoms with Crippen LogP contribution in [-0.2, 0) is 5.41 Å². The summed E-state index contributed by atoms with van der Waals surface area (Å²) in [6.45, 7) is 4.75. The quantitative estimate of drug-likeness (QED) is 0.150. The Morgan fingerprint density at radius 2 is 0.701 bits per heavy atom. The molecule has 0 aliphatic heterocycles. The van der Waals surface area contributed by atoms with Crippen molar-refractivity contribution in [3.63, 3.8) is 0 Å². The largest absolute Gasteiger partial charge is 0.208 e. The predicted molar refractivity (Wildman–Crippen MR) is 279 cm³/mol. The van der Waals surface area contributed by atoms with Gasteiger partial charge < -0.3 is 0 Å². The first kappa shape index (κ1) is 38.9. The molecule has 0 N–H and O–H groups in total. The van der Waals surface area contributed by atoms with Crippen LogP contribution in [0.25, 0.3) is 122 Å². The molecule has 0 spiro atoms. The molecule has 0 saturated carbocycles. The summed E-state index contributed by atoms with van der Waals surface area (Å²) < 4.78 is 0. The molecule has 11 aromatic carbocycles. The van der Waals surface area contributed by atoms with Crippen LogP contribution >= 0.6 is 0 Å². The Bertz CT molecular complexity index is 3840. The van der Waals surface area contributed by atoms with Gasteiger partial charge in [0.05, 0.1) is 0 Å². The van der Waals surface area contributed by atoms with E-state index in [1.807, 2.05) is 12.1 Å². The fourth-order valence-corrected chi connectivity index (χ4v) is 10.6. The van der Waals surface area contributed by atoms with Crippen LogP contribution in [0.2, 0.25) is 0 Å². The van der Waals surface area contributed by atoms with Crippen molar-refractivity contribution in [3.8, 4) is 89.8 Å². The van der Waals surface area contributed by atoms with Crippen molar-refractivity contribution >= 4 is 32.3 Å². The van der Waals surface area contributed by atoms with Gasteiger partial charge in [-0.25, -0.2) is 15.0 Å². The molecule has 314 valence electrons. The molecule has 0 unspecified atom stereocenters. The Morgan fingerprint density at radius 3 is 1.34 bits per heavy atom. The zero-order chi connectivity index (χ0) is 44.6. The van der Waals surface area contributed by atoms with Gasteiger partial charge in [0.1, 0.15) is 0 Å². The van der Waals surface area contributed by atoms with Gasteiger partial charge >= 0.3 is 0 Å². The lowest BCUT2D eigenvalue weighted by Crippen LogP contribution is -2.15. The molecule has 0 bridgehead atoms. The first-order valence-electron chi connectivity index (χ1n) is 23.1. The van der Waals surface area contributed by atoms with Crippen molar-refractivity contribution in [1.29, 1.82) is 0 Å². The van der Waals surface area contributed by atoms with Gasteiger partial charge in [0.15, 0.2) is 17.5 Å². The normalized spacial score (nSPS) is 12.7. The van der Waals surface area contributed by atoms with Crippen molar-refractivity contribution < 1.29 is 0 Å². The van der Waals surface area contributed by atoms with E-state index in [0.29, 0.717) is 17.5 Å². The van der Waals surface area contributed by atoms with Crippen LogP contribution < -0.4 is 0 Å². The Balaban J connectivity index is 0.852. The van der Waals surface area contributed by atoms with Crippen molar-refractivity contribution in [1.82, 2.24) is 15.0 Å². The number of rotatable bonds is 7. The van der Waals surface area contributed by atoms with E-state index in [9.17, 15) is 0 Å². The van der Waals surface area contributed by atoms with Gasteiger partial charge in [-0.15, -0.1) is 0 Å². The van der Waals surface area contributed by atoms with Crippen LogP contribution in [0.5, 0.6) is 0 Å². The van der Waals surface area contributed by atoms with E-state index in [2.05, 4.69) is 226 Å². The topological polar surface area (TPSA) is 38.7 Å². The lowest BCUT2D eigenvalue weighted by molar-refractivity contribution is 0.661. The summed E-state index contributed by atoms with van der Waals surface area (Å²) in [6, 6.07) is 80.9. The maximum atomic E-state index is 5.19. The van der Waals surface area contributed by atoms with Crippen LogP contribution in [0.3, 0.4) is 0 Å². The Kier molecular flexibility index (Phi) is 8.88. The number of aromatic nitrogens is 3. The van der Waals surface area contributed by atoms with E-state index >= 15 is 0 Å². The molecular weight excluding hydrogens is 811 g/mol. The zero-order valence-corrected chi connectivity index (χ0v) is 37.2. The van der Waals surface area contributed by atoms with Crippen LogP contribution in [0.15, 0.2) is 224 Å². The molecule has 1 heterocycles. The summed E-state index contributed by atoms with van der Waals surface area (Å²) in [6.07, 6.45) is 0. The van der Waals surface area contributed by atoms with Crippen molar-refractivity contribution in [2.24, 2.45) is 0 Å². The minimum atomic E-state index is -0.187. The van der Waals surface area contributed by atoms with Crippen LogP contribution in [0.1, 0.15) is 25.0 Å². The third kappa shape index (κ3) is 6.46. The molecular formula is C64H43N3. The third-order valence-corrected chi connectivity index (χ3v) is 14.1. The van der Waals surface area contributed by atoms with Crippen molar-refractivity contribution in [2.75, 3.05) is 0 Å². The molecule has 3 heteroatoms. The second kappa shape index (κ2) is 15.3. The average Bonchev–Trinajstić information content (AvgIpc) is 3.62. The van der Waals surface area contributed by atoms with E-state index in [-0.39, 0.29) is 5.41 Å². The highest BCUT2D eigenvalue weighted by Gasteiger charge is 2.36. The summed E-state index contributed by atoms with van der Waals surface area (Å²) in [4.78, 5) is 15.5. The Morgan fingerprint density at radius 1 is 0.269 bits per heavy atom. The van der Waals surface area contributed by atoms with E-state index in [0.717, 1.165) is 38.9 Å². The van der Waals surface area contributed by atoms with E-state index in [1.165, 1.54) is 76.8 Å². The molecule has 0 radical (unpaired) electrons. The van der Waals surface area contributed by atoms with Crippen LogP contribution in [0.4, 0.5) is 0 Å². The minimum Gasteiger partial charge on any atom is -0.208 e. The minimum absolute atomic E-state index is 0.187. The number of hydrogen-bond acceptors (Lipinski definition) is 3. The molecule has 1 aliphatic rings. The monoisotopic (exact) mass is 853 g/mol. The summed E-state index contributed by atoms with van der Waals surface area (Å²) in [5, 5.41) is 7.88. The first-order chi connectivity index (χ1) is 32.9. The zero-order valence-electron chi connectivity index (χ0n) is 37.2. The van der Waals surface area contributed by atoms with Crippen molar-refractivity contribution in [3.05, 3.63) is 236 Å². The molecule has 3 nitrogen and oxygen atoms in total. The van der Waals surface area contributed by atoms with E-state index in [4.69, 9.17) is 15.0 Å². The summed E-state index contributed by atoms with van der Waals surface area (Å²) >= 11 is 0. The number of benzene rings is 11. The lowest BCUT2D eigenvalue weighted by Gasteiger charge is -2.23. The fraction of sp³-hybridized carbons (Fsp3) is 0.0469. The highest BCUT2D eigenvalue weighted by Crippen LogP contribution is 2.51. The highest BCUT2D eigenvalue weighted by molar-refractivity contribution is 6.25. The highest BCUT2D eigenvalue weighted by atomic mass is 15.0. The summed E-state index contributed by atoms with van der Waals surface area (Å²) in [7, 11) is 0. The number of nitrogens with zero attached hydrogens (tertiary/aromatic N) is 3. The molecule has 0 amide bonds. The van der Waals surface area contributed by atoms with E-state index in [1.54, 1.807) is 0 Å². The SMILES string of the molecule is CC1(C)c2cc(-c3ccc(-c4nc(-c5ccc(-c6ccccc6)cc5)nc(-c5ccccc5-c5ccccc5)n4)cc3)ccc2-c2ccc(-c3ccc4ccc5cccc6ccc3c4c56)cc21. The smallest absolute Gasteiger partial charge is 0.164 e. The average molecular weight is 854 g/mol. The van der Waals surface area contributed by atoms with Crippen molar-refractivity contribution in [2.45, 2.75) is 19.3 Å². The first-order valence-corrected chi connectivity index (χ1v) is 23.1. The Hall–Kier alpha value is -8.53. The van der Waals surface area contributed by atoms with Gasteiger partial charge in [0, 0.05) is 22.1 Å². The molecule has 67 heavy (non-hydrogen) atoms. The number of fused-ring (bicyclic) bond motifs is 3. The van der Waals surface area contributed by atoms with Crippen LogP contribution in [0, 0.1) is 0 Å². The molecule has 13 rings (SSSR count). The van der Waals surface area contributed by atoms with E-state index < -0.39 is 0 Å². The summed E-state index contributed by atoms with van der Waals surface area (Å²) in [5.74, 6) is 1.90. The molecule has 0 saturated heterocycles. The summed E-state index contributed by atoms with van der Waals surface area (Å²) in [5.41, 5.74) is 17.3. The van der Waals surface area contributed by atoms with Gasteiger partial charge in [0.25, 0.3) is 0 Å². The molecule has 1 aliphatic carbocycles. The molecule has 0 atom stereocenters.